The molecule has 1 heterocycles. The summed E-state index contributed by atoms with van der Waals surface area (Å²) in [4.78, 5) is 14.3. The average molecular weight is 406 g/mol. The van der Waals surface area contributed by atoms with Gasteiger partial charge in [0.25, 0.3) is 5.91 Å². The molecule has 6 heteroatoms. The first-order chi connectivity index (χ1) is 9.61. The molecule has 0 aromatic heterocycles. The van der Waals surface area contributed by atoms with E-state index in [9.17, 15) is 9.90 Å². The summed E-state index contributed by atoms with van der Waals surface area (Å²) >= 11 is 6.80. The average Bonchev–Trinajstić information content (AvgIpc) is 2.90. The summed E-state index contributed by atoms with van der Waals surface area (Å²) in [6.45, 7) is 1.99. The van der Waals surface area contributed by atoms with Gasteiger partial charge in [-0.25, -0.2) is 0 Å². The van der Waals surface area contributed by atoms with Crippen LogP contribution in [0.2, 0.25) is 0 Å². The molecule has 0 spiro atoms. The molecule has 1 aromatic rings. The third-order valence-corrected chi connectivity index (χ3v) is 4.57. The van der Waals surface area contributed by atoms with Crippen LogP contribution in [-0.2, 0) is 0 Å². The van der Waals surface area contributed by atoms with Gasteiger partial charge in [-0.05, 0) is 53.5 Å². The van der Waals surface area contributed by atoms with E-state index in [0.29, 0.717) is 24.7 Å². The van der Waals surface area contributed by atoms with Crippen LogP contribution in [0.15, 0.2) is 27.1 Å². The lowest BCUT2D eigenvalue weighted by Gasteiger charge is -2.25. The van der Waals surface area contributed by atoms with Crippen LogP contribution < -0.4 is 5.32 Å². The number of hydrogen-bond acceptors (Lipinski definition) is 3. The Morgan fingerprint density at radius 3 is 2.85 bits per heavy atom. The molecule has 4 nitrogen and oxygen atoms in total. The highest BCUT2D eigenvalue weighted by atomic mass is 79.9. The number of carbonyl (C=O) groups is 1. The third-order valence-electron chi connectivity index (χ3n) is 3.42. The number of rotatable bonds is 5. The number of hydrogen-bond donors (Lipinski definition) is 2. The molecule has 110 valence electrons. The summed E-state index contributed by atoms with van der Waals surface area (Å²) in [6.07, 6.45) is 2.23. The van der Waals surface area contributed by atoms with E-state index in [-0.39, 0.29) is 12.5 Å². The van der Waals surface area contributed by atoms with Crippen LogP contribution in [0.5, 0.6) is 0 Å². The van der Waals surface area contributed by atoms with Crippen molar-refractivity contribution < 1.29 is 9.90 Å². The summed E-state index contributed by atoms with van der Waals surface area (Å²) in [6, 6.07) is 5.84. The van der Waals surface area contributed by atoms with Gasteiger partial charge in [-0.3, -0.25) is 4.79 Å². The van der Waals surface area contributed by atoms with E-state index >= 15 is 0 Å². The Labute approximate surface area is 135 Å². The zero-order chi connectivity index (χ0) is 14.5. The minimum Gasteiger partial charge on any atom is -0.395 e. The number of nitrogens with zero attached hydrogens (tertiary/aromatic N) is 1. The molecule has 0 saturated carbocycles. The van der Waals surface area contributed by atoms with Gasteiger partial charge in [0.15, 0.2) is 0 Å². The fourth-order valence-corrected chi connectivity index (χ4v) is 3.62. The van der Waals surface area contributed by atoms with Gasteiger partial charge < -0.3 is 15.3 Å². The van der Waals surface area contributed by atoms with Crippen molar-refractivity contribution in [2.75, 3.05) is 26.2 Å². The SMILES string of the molecule is O=C(c1ccc(Br)cc1Br)N(CCO)CC1CCCN1. The number of nitrogens with one attached hydrogen (secondary N) is 1. The predicted octanol–water partition coefficient (Wildman–Crippen LogP) is 2.40. The van der Waals surface area contributed by atoms with Crippen molar-refractivity contribution in [2.45, 2.75) is 18.9 Å². The van der Waals surface area contributed by atoms with Crippen molar-refractivity contribution in [3.63, 3.8) is 0 Å². The van der Waals surface area contributed by atoms with Gasteiger partial charge in [-0.1, -0.05) is 15.9 Å². The maximum atomic E-state index is 12.6. The maximum Gasteiger partial charge on any atom is 0.255 e. The Kier molecular flexibility index (Phi) is 6.01. The second-order valence-corrected chi connectivity index (χ2v) is 6.66. The number of aliphatic hydroxyl groups is 1. The molecule has 0 aliphatic carbocycles. The number of halogens is 2. The first-order valence-corrected chi connectivity index (χ1v) is 8.29. The van der Waals surface area contributed by atoms with Crippen molar-refractivity contribution in [3.05, 3.63) is 32.7 Å². The zero-order valence-electron chi connectivity index (χ0n) is 11.1. The lowest BCUT2D eigenvalue weighted by atomic mass is 10.1. The van der Waals surface area contributed by atoms with Crippen molar-refractivity contribution in [1.29, 1.82) is 0 Å². The molecule has 2 N–H and O–H groups in total. The van der Waals surface area contributed by atoms with Gasteiger partial charge in [-0.15, -0.1) is 0 Å². The van der Waals surface area contributed by atoms with Crippen LogP contribution in [0, 0.1) is 0 Å². The van der Waals surface area contributed by atoms with Crippen molar-refractivity contribution in [1.82, 2.24) is 10.2 Å². The Hall–Kier alpha value is -0.430. The first-order valence-electron chi connectivity index (χ1n) is 6.70. The lowest BCUT2D eigenvalue weighted by molar-refractivity contribution is 0.0705. The van der Waals surface area contributed by atoms with Crippen molar-refractivity contribution in [3.8, 4) is 0 Å². The van der Waals surface area contributed by atoms with Crippen LogP contribution in [0.25, 0.3) is 0 Å². The summed E-state index contributed by atoms with van der Waals surface area (Å²) in [5.74, 6) is -0.0490. The number of aliphatic hydroxyl groups excluding tert-OH is 1. The fourth-order valence-electron chi connectivity index (χ4n) is 2.41. The van der Waals surface area contributed by atoms with E-state index in [1.165, 1.54) is 0 Å². The van der Waals surface area contributed by atoms with Crippen LogP contribution in [0.4, 0.5) is 0 Å². The highest BCUT2D eigenvalue weighted by molar-refractivity contribution is 9.11. The molecule has 1 aliphatic rings. The molecule has 1 aliphatic heterocycles. The van der Waals surface area contributed by atoms with Crippen molar-refractivity contribution >= 4 is 37.8 Å². The van der Waals surface area contributed by atoms with E-state index in [1.54, 1.807) is 11.0 Å². The molecule has 1 fully saturated rings. The third kappa shape index (κ3) is 4.04. The molecule has 2 rings (SSSR count). The van der Waals surface area contributed by atoms with E-state index in [4.69, 9.17) is 0 Å². The Morgan fingerprint density at radius 1 is 1.45 bits per heavy atom. The molecular weight excluding hydrogens is 388 g/mol. The van der Waals surface area contributed by atoms with Gasteiger partial charge in [0, 0.05) is 28.1 Å². The molecular formula is C14H18Br2N2O2. The largest absolute Gasteiger partial charge is 0.395 e. The number of carbonyl (C=O) groups excluding carboxylic acids is 1. The lowest BCUT2D eigenvalue weighted by Crippen LogP contribution is -2.42. The van der Waals surface area contributed by atoms with Gasteiger partial charge in [0.2, 0.25) is 0 Å². The summed E-state index contributed by atoms with van der Waals surface area (Å²) in [7, 11) is 0. The summed E-state index contributed by atoms with van der Waals surface area (Å²) in [5.41, 5.74) is 0.625. The van der Waals surface area contributed by atoms with E-state index in [1.807, 2.05) is 12.1 Å². The molecule has 0 radical (unpaired) electrons. The fraction of sp³-hybridized carbons (Fsp3) is 0.500. The van der Waals surface area contributed by atoms with Crippen LogP contribution in [-0.4, -0.2) is 48.2 Å². The van der Waals surface area contributed by atoms with Crippen LogP contribution in [0.1, 0.15) is 23.2 Å². The number of amides is 1. The van der Waals surface area contributed by atoms with Crippen LogP contribution >= 0.6 is 31.9 Å². The molecule has 1 aromatic carbocycles. The first kappa shape index (κ1) is 15.9. The van der Waals surface area contributed by atoms with E-state index < -0.39 is 0 Å². The Balaban J connectivity index is 2.12. The molecule has 1 amide bonds. The highest BCUT2D eigenvalue weighted by Gasteiger charge is 2.23. The molecule has 1 atom stereocenters. The van der Waals surface area contributed by atoms with Gasteiger partial charge in [0.05, 0.1) is 12.2 Å². The molecule has 20 heavy (non-hydrogen) atoms. The van der Waals surface area contributed by atoms with Gasteiger partial charge in [0.1, 0.15) is 0 Å². The van der Waals surface area contributed by atoms with Crippen molar-refractivity contribution in [2.24, 2.45) is 0 Å². The smallest absolute Gasteiger partial charge is 0.255 e. The number of benzene rings is 1. The van der Waals surface area contributed by atoms with Crippen LogP contribution in [0.3, 0.4) is 0 Å². The minimum absolute atomic E-state index is 0.0212. The quantitative estimate of drug-likeness (QED) is 0.790. The standard InChI is InChI=1S/C14H18Br2N2O2/c15-10-3-4-12(13(16)8-10)14(20)18(6-7-19)9-11-2-1-5-17-11/h3-4,8,11,17,19H,1-2,5-7,9H2. The van der Waals surface area contributed by atoms with Gasteiger partial charge in [-0.2, -0.15) is 0 Å². The predicted molar refractivity (Wildman–Crippen MR) is 85.9 cm³/mol. The summed E-state index contributed by atoms with van der Waals surface area (Å²) in [5, 5.41) is 12.6. The molecule has 0 bridgehead atoms. The normalized spacial score (nSPS) is 18.2. The van der Waals surface area contributed by atoms with E-state index in [2.05, 4.69) is 37.2 Å². The monoisotopic (exact) mass is 404 g/mol. The van der Waals surface area contributed by atoms with Gasteiger partial charge >= 0.3 is 0 Å². The Morgan fingerprint density at radius 2 is 2.25 bits per heavy atom. The highest BCUT2D eigenvalue weighted by Crippen LogP contribution is 2.23. The second-order valence-electron chi connectivity index (χ2n) is 4.89. The minimum atomic E-state index is -0.0490. The van der Waals surface area contributed by atoms with E-state index in [0.717, 1.165) is 28.3 Å². The summed E-state index contributed by atoms with van der Waals surface area (Å²) < 4.78 is 1.69. The maximum absolute atomic E-state index is 12.6. The Bertz CT molecular complexity index is 476. The zero-order valence-corrected chi connectivity index (χ0v) is 14.3. The molecule has 1 saturated heterocycles. The topological polar surface area (TPSA) is 52.6 Å². The molecule has 1 unspecified atom stereocenters. The second kappa shape index (κ2) is 7.54.